The van der Waals surface area contributed by atoms with Gasteiger partial charge in [-0.25, -0.2) is 0 Å². The molecule has 24 heavy (non-hydrogen) atoms. The second-order valence-corrected chi connectivity index (χ2v) is 5.50. The molecule has 0 saturated heterocycles. The fourth-order valence-electron chi connectivity index (χ4n) is 1.93. The Morgan fingerprint density at radius 2 is 1.67 bits per heavy atom. The maximum atomic E-state index is 12.4. The zero-order valence-corrected chi connectivity index (χ0v) is 15.0. The number of hydrogen-bond acceptors (Lipinski definition) is 3. The van der Waals surface area contributed by atoms with Crippen molar-refractivity contribution in [2.45, 2.75) is 19.9 Å². The Hall–Kier alpha value is -2.11. The number of nitrogens with zero attached hydrogens (tertiary/aromatic N) is 1. The van der Waals surface area contributed by atoms with Gasteiger partial charge >= 0.3 is 0 Å². The standard InChI is InChI=1S/C18H25N3O2.ClH/c1-5-11-21(12-6-2)18(23)15-7-9-16(10-8-15)20-17(22)13(3)14(4)19;/h5-10,13-14H,1-2,11-12,19H2,3-4H3,(H,20,22);1H. The van der Waals surface area contributed by atoms with Crippen LogP contribution in [-0.4, -0.2) is 35.8 Å². The smallest absolute Gasteiger partial charge is 0.254 e. The van der Waals surface area contributed by atoms with E-state index in [0.717, 1.165) is 0 Å². The third kappa shape index (κ3) is 6.18. The summed E-state index contributed by atoms with van der Waals surface area (Å²) in [6.45, 7) is 11.8. The van der Waals surface area contributed by atoms with E-state index in [4.69, 9.17) is 5.73 Å². The van der Waals surface area contributed by atoms with Gasteiger partial charge in [0.2, 0.25) is 5.91 Å². The van der Waals surface area contributed by atoms with Gasteiger partial charge in [0.1, 0.15) is 0 Å². The minimum absolute atomic E-state index is 0. The van der Waals surface area contributed by atoms with E-state index in [1.165, 1.54) is 0 Å². The first-order chi connectivity index (χ1) is 10.9. The molecule has 1 aromatic rings. The van der Waals surface area contributed by atoms with Crippen molar-refractivity contribution in [2.24, 2.45) is 11.7 Å². The highest BCUT2D eigenvalue weighted by molar-refractivity contribution is 5.96. The summed E-state index contributed by atoms with van der Waals surface area (Å²) in [5, 5.41) is 2.79. The van der Waals surface area contributed by atoms with Crippen molar-refractivity contribution < 1.29 is 9.59 Å². The number of rotatable bonds is 8. The van der Waals surface area contributed by atoms with Crippen LogP contribution < -0.4 is 11.1 Å². The molecule has 0 heterocycles. The number of nitrogens with one attached hydrogen (secondary N) is 1. The SMILES string of the molecule is C=CCN(CC=C)C(=O)c1ccc(NC(=O)C(C)C(C)N)cc1.Cl. The number of benzene rings is 1. The first-order valence-corrected chi connectivity index (χ1v) is 7.58. The number of carbonyl (C=O) groups is 2. The molecule has 2 amide bonds. The molecule has 0 aliphatic rings. The number of nitrogens with two attached hydrogens (primary N) is 1. The maximum absolute atomic E-state index is 12.4. The summed E-state index contributed by atoms with van der Waals surface area (Å²) in [5.74, 6) is -0.530. The zero-order chi connectivity index (χ0) is 17.4. The first-order valence-electron chi connectivity index (χ1n) is 7.58. The number of carbonyl (C=O) groups excluding carboxylic acids is 2. The van der Waals surface area contributed by atoms with Crippen LogP contribution in [0.4, 0.5) is 5.69 Å². The van der Waals surface area contributed by atoms with Crippen molar-refractivity contribution in [3.63, 3.8) is 0 Å². The molecule has 0 radical (unpaired) electrons. The quantitative estimate of drug-likeness (QED) is 0.707. The van der Waals surface area contributed by atoms with Crippen LogP contribution in [0.25, 0.3) is 0 Å². The van der Waals surface area contributed by atoms with E-state index >= 15 is 0 Å². The first kappa shape index (κ1) is 21.9. The summed E-state index contributed by atoms with van der Waals surface area (Å²) in [6.07, 6.45) is 3.34. The summed E-state index contributed by atoms with van der Waals surface area (Å²) < 4.78 is 0. The lowest BCUT2D eigenvalue weighted by Gasteiger charge is -2.19. The summed E-state index contributed by atoms with van der Waals surface area (Å²) in [5.41, 5.74) is 6.90. The number of hydrogen-bond donors (Lipinski definition) is 2. The van der Waals surface area contributed by atoms with Gasteiger partial charge in [0.25, 0.3) is 5.91 Å². The fraction of sp³-hybridized carbons (Fsp3) is 0.333. The van der Waals surface area contributed by atoms with Crippen molar-refractivity contribution in [1.29, 1.82) is 0 Å². The van der Waals surface area contributed by atoms with E-state index in [0.29, 0.717) is 24.3 Å². The summed E-state index contributed by atoms with van der Waals surface area (Å²) in [7, 11) is 0. The van der Waals surface area contributed by atoms with Crippen molar-refractivity contribution in [3.8, 4) is 0 Å². The molecular formula is C18H26ClN3O2. The van der Waals surface area contributed by atoms with Crippen molar-refractivity contribution in [3.05, 3.63) is 55.1 Å². The van der Waals surface area contributed by atoms with Gasteiger partial charge in [-0.05, 0) is 31.2 Å². The molecule has 0 aromatic heterocycles. The number of halogens is 1. The zero-order valence-electron chi connectivity index (χ0n) is 14.2. The highest BCUT2D eigenvalue weighted by Gasteiger charge is 2.17. The van der Waals surface area contributed by atoms with E-state index < -0.39 is 0 Å². The molecule has 3 N–H and O–H groups in total. The summed E-state index contributed by atoms with van der Waals surface area (Å²) in [4.78, 5) is 26.0. The Bertz CT molecular complexity index is 560. The molecule has 0 spiro atoms. The third-order valence-electron chi connectivity index (χ3n) is 3.59. The van der Waals surface area contributed by atoms with E-state index in [1.807, 2.05) is 0 Å². The molecular weight excluding hydrogens is 326 g/mol. The van der Waals surface area contributed by atoms with Crippen LogP contribution >= 0.6 is 12.4 Å². The Balaban J connectivity index is 0.00000529. The average molecular weight is 352 g/mol. The molecule has 0 aliphatic heterocycles. The second kappa shape index (κ2) is 10.6. The van der Waals surface area contributed by atoms with Crippen LogP contribution in [0, 0.1) is 5.92 Å². The summed E-state index contributed by atoms with van der Waals surface area (Å²) >= 11 is 0. The van der Waals surface area contributed by atoms with Crippen LogP contribution in [0.2, 0.25) is 0 Å². The molecule has 0 aliphatic carbocycles. The second-order valence-electron chi connectivity index (χ2n) is 5.50. The lowest BCUT2D eigenvalue weighted by atomic mass is 10.0. The third-order valence-corrected chi connectivity index (χ3v) is 3.59. The van der Waals surface area contributed by atoms with Crippen molar-refractivity contribution in [1.82, 2.24) is 4.90 Å². The molecule has 6 heteroatoms. The van der Waals surface area contributed by atoms with E-state index in [9.17, 15) is 9.59 Å². The Kier molecular flexibility index (Phi) is 9.69. The molecule has 0 saturated carbocycles. The van der Waals surface area contributed by atoms with Gasteiger partial charge in [-0.1, -0.05) is 19.1 Å². The van der Waals surface area contributed by atoms with Gasteiger partial charge < -0.3 is 16.0 Å². The number of anilines is 1. The lowest BCUT2D eigenvalue weighted by Crippen LogP contribution is -2.34. The minimum Gasteiger partial charge on any atom is -0.331 e. The highest BCUT2D eigenvalue weighted by Crippen LogP contribution is 2.13. The predicted molar refractivity (Wildman–Crippen MR) is 101 cm³/mol. The average Bonchev–Trinajstić information content (AvgIpc) is 2.53. The molecule has 1 aromatic carbocycles. The largest absolute Gasteiger partial charge is 0.331 e. The minimum atomic E-state index is -0.285. The monoisotopic (exact) mass is 351 g/mol. The topological polar surface area (TPSA) is 75.4 Å². The molecule has 2 unspecified atom stereocenters. The summed E-state index contributed by atoms with van der Waals surface area (Å²) in [6, 6.07) is 6.57. The molecule has 2 atom stereocenters. The maximum Gasteiger partial charge on any atom is 0.254 e. The molecule has 0 fully saturated rings. The van der Waals surface area contributed by atoms with Gasteiger partial charge in [-0.15, -0.1) is 25.6 Å². The van der Waals surface area contributed by atoms with Crippen molar-refractivity contribution >= 4 is 29.9 Å². The van der Waals surface area contributed by atoms with Gasteiger partial charge in [-0.3, -0.25) is 9.59 Å². The Morgan fingerprint density at radius 1 is 1.17 bits per heavy atom. The van der Waals surface area contributed by atoms with Gasteiger partial charge in [0.15, 0.2) is 0 Å². The molecule has 0 bridgehead atoms. The predicted octanol–water partition coefficient (Wildman–Crippen LogP) is 2.84. The Labute approximate surface area is 150 Å². The highest BCUT2D eigenvalue weighted by atomic mass is 35.5. The lowest BCUT2D eigenvalue weighted by molar-refractivity contribution is -0.119. The van der Waals surface area contributed by atoms with Gasteiger partial charge in [0, 0.05) is 30.4 Å². The van der Waals surface area contributed by atoms with Crippen LogP contribution in [-0.2, 0) is 4.79 Å². The normalized spacial score (nSPS) is 12.3. The van der Waals surface area contributed by atoms with Crippen LogP contribution in [0.1, 0.15) is 24.2 Å². The number of amides is 2. The van der Waals surface area contributed by atoms with Gasteiger partial charge in [-0.2, -0.15) is 0 Å². The molecule has 5 nitrogen and oxygen atoms in total. The van der Waals surface area contributed by atoms with E-state index in [2.05, 4.69) is 18.5 Å². The van der Waals surface area contributed by atoms with Crippen LogP contribution in [0.3, 0.4) is 0 Å². The van der Waals surface area contributed by atoms with E-state index in [-0.39, 0.29) is 36.2 Å². The van der Waals surface area contributed by atoms with Crippen LogP contribution in [0.5, 0.6) is 0 Å². The van der Waals surface area contributed by atoms with E-state index in [1.54, 1.807) is 55.2 Å². The van der Waals surface area contributed by atoms with Crippen molar-refractivity contribution in [2.75, 3.05) is 18.4 Å². The molecule has 1 rings (SSSR count). The van der Waals surface area contributed by atoms with Crippen LogP contribution in [0.15, 0.2) is 49.6 Å². The molecule has 132 valence electrons. The van der Waals surface area contributed by atoms with Gasteiger partial charge in [0.05, 0.1) is 5.92 Å². The fourth-order valence-corrected chi connectivity index (χ4v) is 1.93. The Morgan fingerprint density at radius 3 is 2.08 bits per heavy atom.